The SMILES string of the molecule is Cc1nc(-c2ccc(Cl)cc2)sc1C(=O)N1CCC(C(C)N)CC1.Cl.Cl. The monoisotopic (exact) mass is 435 g/mol. The highest BCUT2D eigenvalue weighted by Crippen LogP contribution is 2.30. The highest BCUT2D eigenvalue weighted by molar-refractivity contribution is 7.17. The number of thiazole rings is 1. The zero-order valence-electron chi connectivity index (χ0n) is 14.8. The van der Waals surface area contributed by atoms with E-state index in [0.717, 1.165) is 47.1 Å². The van der Waals surface area contributed by atoms with Crippen LogP contribution in [0.3, 0.4) is 0 Å². The van der Waals surface area contributed by atoms with Crippen molar-refractivity contribution in [3.63, 3.8) is 0 Å². The molecule has 8 heteroatoms. The summed E-state index contributed by atoms with van der Waals surface area (Å²) < 4.78 is 0. The average molecular weight is 437 g/mol. The van der Waals surface area contributed by atoms with Gasteiger partial charge in [-0.3, -0.25) is 4.79 Å². The van der Waals surface area contributed by atoms with Crippen molar-refractivity contribution in [1.29, 1.82) is 0 Å². The van der Waals surface area contributed by atoms with E-state index in [1.165, 1.54) is 11.3 Å². The second kappa shape index (κ2) is 9.90. The first-order valence-corrected chi connectivity index (χ1v) is 9.43. The number of nitrogens with two attached hydrogens (primary N) is 1. The van der Waals surface area contributed by atoms with Gasteiger partial charge in [-0.05, 0) is 44.7 Å². The van der Waals surface area contributed by atoms with Crippen molar-refractivity contribution < 1.29 is 4.79 Å². The van der Waals surface area contributed by atoms with E-state index in [0.29, 0.717) is 10.9 Å². The molecule has 1 unspecified atom stereocenters. The Balaban J connectivity index is 0.00000169. The van der Waals surface area contributed by atoms with E-state index >= 15 is 0 Å². The Hall–Kier alpha value is -0.850. The number of rotatable bonds is 3. The van der Waals surface area contributed by atoms with Crippen LogP contribution in [0.25, 0.3) is 10.6 Å². The summed E-state index contributed by atoms with van der Waals surface area (Å²) in [7, 11) is 0. The van der Waals surface area contributed by atoms with Crippen LogP contribution in [-0.2, 0) is 0 Å². The predicted molar refractivity (Wildman–Crippen MR) is 114 cm³/mol. The molecule has 2 aromatic rings. The lowest BCUT2D eigenvalue weighted by molar-refractivity contribution is 0.0685. The third-order valence-electron chi connectivity index (χ3n) is 4.65. The van der Waals surface area contributed by atoms with Gasteiger partial charge >= 0.3 is 0 Å². The molecular weight excluding hydrogens is 413 g/mol. The molecule has 1 saturated heterocycles. The third-order valence-corrected chi connectivity index (χ3v) is 6.10. The molecule has 1 aliphatic heterocycles. The topological polar surface area (TPSA) is 59.2 Å². The lowest BCUT2D eigenvalue weighted by atomic mass is 9.91. The number of aryl methyl sites for hydroxylation is 1. The Morgan fingerprint density at radius 1 is 1.27 bits per heavy atom. The molecule has 1 aliphatic rings. The molecule has 1 aromatic heterocycles. The van der Waals surface area contributed by atoms with E-state index in [9.17, 15) is 4.79 Å². The molecule has 144 valence electrons. The summed E-state index contributed by atoms with van der Waals surface area (Å²) in [4.78, 5) is 20.1. The van der Waals surface area contributed by atoms with Gasteiger partial charge in [-0.25, -0.2) is 4.98 Å². The van der Waals surface area contributed by atoms with Gasteiger partial charge in [0, 0.05) is 29.7 Å². The molecule has 1 amide bonds. The molecule has 0 aliphatic carbocycles. The first kappa shape index (κ1) is 23.2. The van der Waals surface area contributed by atoms with Crippen LogP contribution in [-0.4, -0.2) is 34.9 Å². The van der Waals surface area contributed by atoms with Gasteiger partial charge in [0.05, 0.1) is 5.69 Å². The van der Waals surface area contributed by atoms with Crippen molar-refractivity contribution in [2.75, 3.05) is 13.1 Å². The highest BCUT2D eigenvalue weighted by atomic mass is 35.5. The van der Waals surface area contributed by atoms with Crippen molar-refractivity contribution in [1.82, 2.24) is 9.88 Å². The second-order valence-corrected chi connectivity index (χ2v) is 7.86. The number of hydrogen-bond acceptors (Lipinski definition) is 4. The number of benzene rings is 1. The quantitative estimate of drug-likeness (QED) is 0.750. The summed E-state index contributed by atoms with van der Waals surface area (Å²) in [6.07, 6.45) is 1.95. The molecule has 0 radical (unpaired) electrons. The average Bonchev–Trinajstić information content (AvgIpc) is 2.96. The minimum absolute atomic E-state index is 0. The van der Waals surface area contributed by atoms with Crippen molar-refractivity contribution in [2.45, 2.75) is 32.7 Å². The summed E-state index contributed by atoms with van der Waals surface area (Å²) >= 11 is 7.39. The first-order chi connectivity index (χ1) is 11.5. The minimum atomic E-state index is 0. The number of carbonyl (C=O) groups is 1. The largest absolute Gasteiger partial charge is 0.338 e. The summed E-state index contributed by atoms with van der Waals surface area (Å²) in [6, 6.07) is 7.75. The molecule has 1 atom stereocenters. The van der Waals surface area contributed by atoms with Gasteiger partial charge in [-0.1, -0.05) is 23.7 Å². The van der Waals surface area contributed by atoms with Gasteiger partial charge in [0.2, 0.25) is 0 Å². The molecule has 26 heavy (non-hydrogen) atoms. The van der Waals surface area contributed by atoms with Gasteiger partial charge < -0.3 is 10.6 Å². The van der Waals surface area contributed by atoms with Crippen LogP contribution >= 0.6 is 47.8 Å². The van der Waals surface area contributed by atoms with E-state index < -0.39 is 0 Å². The normalized spacial score (nSPS) is 15.8. The molecule has 2 N–H and O–H groups in total. The minimum Gasteiger partial charge on any atom is -0.338 e. The molecule has 0 bridgehead atoms. The summed E-state index contributed by atoms with van der Waals surface area (Å²) in [5.74, 6) is 0.606. The molecule has 3 rings (SSSR count). The van der Waals surface area contributed by atoms with Crippen LogP contribution in [0.1, 0.15) is 35.1 Å². The fourth-order valence-corrected chi connectivity index (χ4v) is 4.25. The van der Waals surface area contributed by atoms with Gasteiger partial charge in [0.1, 0.15) is 9.88 Å². The molecule has 0 spiro atoms. The smallest absolute Gasteiger partial charge is 0.265 e. The maximum Gasteiger partial charge on any atom is 0.265 e. The van der Waals surface area contributed by atoms with E-state index in [1.807, 2.05) is 43.0 Å². The lowest BCUT2D eigenvalue weighted by Crippen LogP contribution is -2.42. The predicted octanol–water partition coefficient (Wildman–Crippen LogP) is 4.81. The second-order valence-electron chi connectivity index (χ2n) is 6.43. The van der Waals surface area contributed by atoms with Gasteiger partial charge in [-0.2, -0.15) is 0 Å². The maximum absolute atomic E-state index is 12.8. The van der Waals surface area contributed by atoms with Gasteiger partial charge in [0.15, 0.2) is 0 Å². The number of hydrogen-bond donors (Lipinski definition) is 1. The van der Waals surface area contributed by atoms with Crippen LogP contribution in [0.5, 0.6) is 0 Å². The Labute approximate surface area is 175 Å². The first-order valence-electron chi connectivity index (χ1n) is 8.24. The summed E-state index contributed by atoms with van der Waals surface area (Å²) in [5, 5.41) is 1.55. The van der Waals surface area contributed by atoms with Gasteiger partial charge in [0.25, 0.3) is 5.91 Å². The highest BCUT2D eigenvalue weighted by Gasteiger charge is 2.27. The number of likely N-dealkylation sites (tertiary alicyclic amines) is 1. The standard InChI is InChI=1S/C18H22ClN3OS.2ClH/c1-11(20)13-7-9-22(10-8-13)18(23)16-12(2)21-17(24-16)14-3-5-15(19)6-4-14;;/h3-6,11,13H,7-10,20H2,1-2H3;2*1H. The molecule has 4 nitrogen and oxygen atoms in total. The molecule has 0 saturated carbocycles. The molecule has 2 heterocycles. The number of piperidine rings is 1. The maximum atomic E-state index is 12.8. The van der Waals surface area contributed by atoms with E-state index in [2.05, 4.69) is 4.98 Å². The Morgan fingerprint density at radius 3 is 2.38 bits per heavy atom. The van der Waals surface area contributed by atoms with Crippen molar-refractivity contribution in [3.8, 4) is 10.6 Å². The van der Waals surface area contributed by atoms with Crippen LogP contribution < -0.4 is 5.73 Å². The Kier molecular flexibility index (Phi) is 8.83. The number of halogens is 3. The number of amides is 1. The van der Waals surface area contributed by atoms with Crippen molar-refractivity contribution in [2.24, 2.45) is 11.7 Å². The van der Waals surface area contributed by atoms with Crippen LogP contribution in [0.2, 0.25) is 5.02 Å². The van der Waals surface area contributed by atoms with Crippen molar-refractivity contribution >= 4 is 53.7 Å². The Morgan fingerprint density at radius 2 is 1.85 bits per heavy atom. The summed E-state index contributed by atoms with van der Waals surface area (Å²) in [5.41, 5.74) is 7.77. The zero-order valence-corrected chi connectivity index (χ0v) is 18.0. The van der Waals surface area contributed by atoms with Crippen LogP contribution in [0, 0.1) is 12.8 Å². The zero-order chi connectivity index (χ0) is 17.3. The van der Waals surface area contributed by atoms with E-state index in [-0.39, 0.29) is 36.8 Å². The molecule has 1 fully saturated rings. The molecule has 1 aromatic carbocycles. The Bertz CT molecular complexity index is 726. The fourth-order valence-electron chi connectivity index (χ4n) is 3.08. The number of carbonyl (C=O) groups excluding carboxylic acids is 1. The van der Waals surface area contributed by atoms with Crippen molar-refractivity contribution in [3.05, 3.63) is 39.9 Å². The summed E-state index contributed by atoms with van der Waals surface area (Å²) in [6.45, 7) is 5.50. The number of nitrogens with zero attached hydrogens (tertiary/aromatic N) is 2. The third kappa shape index (κ3) is 5.11. The lowest BCUT2D eigenvalue weighted by Gasteiger charge is -2.33. The molecular formula is C18H24Cl3N3OS. The fraction of sp³-hybridized carbons (Fsp3) is 0.444. The number of aromatic nitrogens is 1. The van der Waals surface area contributed by atoms with E-state index in [4.69, 9.17) is 17.3 Å². The van der Waals surface area contributed by atoms with Crippen LogP contribution in [0.15, 0.2) is 24.3 Å². The van der Waals surface area contributed by atoms with E-state index in [1.54, 1.807) is 0 Å². The van der Waals surface area contributed by atoms with Gasteiger partial charge in [-0.15, -0.1) is 36.2 Å². The van der Waals surface area contributed by atoms with Crippen LogP contribution in [0.4, 0.5) is 0 Å².